The van der Waals surface area contributed by atoms with Crippen molar-refractivity contribution < 1.29 is 49.6 Å². The summed E-state index contributed by atoms with van der Waals surface area (Å²) in [6.45, 7) is 0. The molecule has 0 aliphatic heterocycles. The molecule has 1 fully saturated rings. The van der Waals surface area contributed by atoms with Crippen LogP contribution in [0.2, 0.25) is 0 Å². The second-order valence-corrected chi connectivity index (χ2v) is 6.85. The van der Waals surface area contributed by atoms with E-state index >= 15 is 0 Å². The van der Waals surface area contributed by atoms with Gasteiger partial charge in [0, 0.05) is 5.92 Å². The monoisotopic (exact) mass is 380 g/mol. The number of rotatable bonds is 5. The van der Waals surface area contributed by atoms with Crippen LogP contribution < -0.4 is 0 Å². The van der Waals surface area contributed by atoms with Crippen LogP contribution in [-0.2, 0) is 29.2 Å². The topological polar surface area (TPSA) is 107 Å². The lowest BCUT2D eigenvalue weighted by Crippen LogP contribution is -2.56. The molecule has 0 radical (unpaired) electrons. The van der Waals surface area contributed by atoms with E-state index in [1.165, 1.54) is 0 Å². The van der Waals surface area contributed by atoms with Gasteiger partial charge >= 0.3 is 33.2 Å². The van der Waals surface area contributed by atoms with Gasteiger partial charge in [-0.05, 0) is 19.3 Å². The van der Waals surface area contributed by atoms with E-state index in [9.17, 15) is 35.6 Å². The Hall–Kier alpha value is -1.43. The minimum absolute atomic E-state index is 0.101. The molecular formula is C12H16F4O7S. The molecule has 0 amide bonds. The molecule has 1 aliphatic carbocycles. The molecule has 3 atom stereocenters. The Balaban J connectivity index is 3.32. The fraction of sp³-hybridized carbons (Fsp3) is 0.833. The molecule has 24 heavy (non-hydrogen) atoms. The smallest absolute Gasteiger partial charge is 0.431 e. The van der Waals surface area contributed by atoms with Crippen molar-refractivity contribution in [3.8, 4) is 0 Å². The number of methoxy groups -OCH3 is 2. The van der Waals surface area contributed by atoms with Gasteiger partial charge in [0.15, 0.2) is 0 Å². The number of alkyl halides is 4. The van der Waals surface area contributed by atoms with Crippen molar-refractivity contribution >= 4 is 22.1 Å². The minimum atomic E-state index is -6.46. The highest BCUT2D eigenvalue weighted by Gasteiger charge is 2.71. The third kappa shape index (κ3) is 3.48. The van der Waals surface area contributed by atoms with Gasteiger partial charge in [-0.1, -0.05) is 0 Å². The van der Waals surface area contributed by atoms with E-state index in [0.29, 0.717) is 0 Å². The molecule has 0 aromatic heterocycles. The Morgan fingerprint density at radius 3 is 1.96 bits per heavy atom. The molecule has 7 nitrogen and oxygen atoms in total. The lowest BCUT2D eigenvalue weighted by molar-refractivity contribution is -0.218. The van der Waals surface area contributed by atoms with Gasteiger partial charge in [0.05, 0.1) is 26.1 Å². The van der Waals surface area contributed by atoms with E-state index in [0.717, 1.165) is 14.2 Å². The molecule has 0 heterocycles. The maximum absolute atomic E-state index is 14.2. The molecule has 1 N–H and O–H groups in total. The minimum Gasteiger partial charge on any atom is -0.469 e. The van der Waals surface area contributed by atoms with Crippen molar-refractivity contribution in [3.05, 3.63) is 0 Å². The molecule has 0 bridgehead atoms. The van der Waals surface area contributed by atoms with Crippen LogP contribution in [0.15, 0.2) is 0 Å². The third-order valence-corrected chi connectivity index (χ3v) is 4.99. The van der Waals surface area contributed by atoms with Crippen LogP contribution in [0.25, 0.3) is 0 Å². The summed E-state index contributed by atoms with van der Waals surface area (Å²) >= 11 is 0. The van der Waals surface area contributed by atoms with Crippen LogP contribution in [0.4, 0.5) is 17.6 Å². The molecule has 1 aliphatic rings. The van der Waals surface area contributed by atoms with Gasteiger partial charge in [0.2, 0.25) is 0 Å². The fourth-order valence-corrected chi connectivity index (χ4v) is 3.27. The van der Waals surface area contributed by atoms with Crippen LogP contribution in [0.1, 0.15) is 19.3 Å². The molecule has 140 valence electrons. The molecule has 3 unspecified atom stereocenters. The predicted octanol–water partition coefficient (Wildman–Crippen LogP) is 1.48. The Bertz CT molecular complexity index is 605. The number of carbonyl (C=O) groups is 2. The zero-order valence-electron chi connectivity index (χ0n) is 12.7. The van der Waals surface area contributed by atoms with Gasteiger partial charge in [-0.15, -0.1) is 0 Å². The molecule has 0 aromatic carbocycles. The van der Waals surface area contributed by atoms with Gasteiger partial charge in [-0.25, -0.2) is 0 Å². The maximum atomic E-state index is 14.2. The second kappa shape index (κ2) is 6.82. The predicted molar refractivity (Wildman–Crippen MR) is 69.8 cm³/mol. The summed E-state index contributed by atoms with van der Waals surface area (Å²) in [5.41, 5.74) is 0. The summed E-state index contributed by atoms with van der Waals surface area (Å²) < 4.78 is 94.1. The summed E-state index contributed by atoms with van der Waals surface area (Å²) in [7, 11) is -4.64. The highest BCUT2D eigenvalue weighted by molar-refractivity contribution is 7.87. The summed E-state index contributed by atoms with van der Waals surface area (Å²) in [5, 5.41) is -5.84. The van der Waals surface area contributed by atoms with E-state index in [1.807, 2.05) is 0 Å². The van der Waals surface area contributed by atoms with Gasteiger partial charge in [-0.3, -0.25) is 14.1 Å². The number of carbonyl (C=O) groups excluding carboxylic acids is 2. The highest BCUT2D eigenvalue weighted by Crippen LogP contribution is 2.51. The molecule has 1 rings (SSSR count). The summed E-state index contributed by atoms with van der Waals surface area (Å²) in [6, 6.07) is 0. The fourth-order valence-electron chi connectivity index (χ4n) is 2.77. The molecule has 0 spiro atoms. The summed E-state index contributed by atoms with van der Waals surface area (Å²) in [5.74, 6) is -13.0. The van der Waals surface area contributed by atoms with Gasteiger partial charge in [0.1, 0.15) is 0 Å². The molecule has 0 aromatic rings. The van der Waals surface area contributed by atoms with E-state index < -0.39 is 63.8 Å². The SMILES string of the molecule is COC(=O)C1CCC(C(=O)OC)C(C(F)(F)C(F)(F)S(=O)(=O)O)C1. The molecule has 1 saturated carbocycles. The lowest BCUT2D eigenvalue weighted by atomic mass is 9.71. The highest BCUT2D eigenvalue weighted by atomic mass is 32.2. The largest absolute Gasteiger partial charge is 0.469 e. The first-order valence-electron chi connectivity index (χ1n) is 6.69. The normalized spacial score (nSPS) is 25.9. The Labute approximate surface area is 135 Å². The zero-order chi connectivity index (χ0) is 18.9. The first-order valence-corrected chi connectivity index (χ1v) is 8.13. The van der Waals surface area contributed by atoms with E-state index in [2.05, 4.69) is 9.47 Å². The van der Waals surface area contributed by atoms with Crippen LogP contribution in [0.3, 0.4) is 0 Å². The summed E-state index contributed by atoms with van der Waals surface area (Å²) in [4.78, 5) is 23.1. The molecule has 12 heteroatoms. The van der Waals surface area contributed by atoms with E-state index in [1.54, 1.807) is 0 Å². The number of ether oxygens (including phenoxy) is 2. The van der Waals surface area contributed by atoms with Crippen molar-refractivity contribution in [2.75, 3.05) is 14.2 Å². The zero-order valence-corrected chi connectivity index (χ0v) is 13.5. The van der Waals surface area contributed by atoms with E-state index in [-0.39, 0.29) is 6.42 Å². The summed E-state index contributed by atoms with van der Waals surface area (Å²) in [6.07, 6.45) is -1.44. The number of hydrogen-bond donors (Lipinski definition) is 1. The van der Waals surface area contributed by atoms with Crippen LogP contribution in [-0.4, -0.2) is 50.3 Å². The Kier molecular flexibility index (Phi) is 5.86. The first kappa shape index (κ1) is 20.6. The van der Waals surface area contributed by atoms with Crippen molar-refractivity contribution in [1.29, 1.82) is 0 Å². The maximum Gasteiger partial charge on any atom is 0.431 e. The van der Waals surface area contributed by atoms with E-state index in [4.69, 9.17) is 4.55 Å². The number of hydrogen-bond acceptors (Lipinski definition) is 6. The average Bonchev–Trinajstić information content (AvgIpc) is 2.51. The van der Waals surface area contributed by atoms with Crippen LogP contribution in [0.5, 0.6) is 0 Å². The van der Waals surface area contributed by atoms with Crippen molar-refractivity contribution in [2.45, 2.75) is 30.4 Å². The van der Waals surface area contributed by atoms with Gasteiger partial charge in [0.25, 0.3) is 0 Å². The molecular weight excluding hydrogens is 364 g/mol. The quantitative estimate of drug-likeness (QED) is 0.437. The Morgan fingerprint density at radius 2 is 1.54 bits per heavy atom. The standard InChI is InChI=1S/C12H16F4O7S/c1-22-9(17)6-3-4-7(10(18)23-2)8(5-6)11(13,14)12(15,16)24(19,20)21/h6-8H,3-5H2,1-2H3,(H,19,20,21). The van der Waals surface area contributed by atoms with Crippen molar-refractivity contribution in [2.24, 2.45) is 17.8 Å². The Morgan fingerprint density at radius 1 is 1.04 bits per heavy atom. The lowest BCUT2D eigenvalue weighted by Gasteiger charge is -2.39. The van der Waals surface area contributed by atoms with Crippen molar-refractivity contribution in [1.82, 2.24) is 0 Å². The number of halogens is 4. The van der Waals surface area contributed by atoms with Gasteiger partial charge < -0.3 is 9.47 Å². The van der Waals surface area contributed by atoms with Crippen LogP contribution >= 0.6 is 0 Å². The third-order valence-electron chi connectivity index (χ3n) is 4.07. The average molecular weight is 380 g/mol. The first-order chi connectivity index (χ1) is 10.8. The van der Waals surface area contributed by atoms with Crippen LogP contribution in [0, 0.1) is 17.8 Å². The molecule has 0 saturated heterocycles. The number of esters is 2. The van der Waals surface area contributed by atoms with Crippen molar-refractivity contribution in [3.63, 3.8) is 0 Å². The second-order valence-electron chi connectivity index (χ2n) is 5.38. The van der Waals surface area contributed by atoms with Gasteiger partial charge in [-0.2, -0.15) is 26.0 Å².